The Balaban J connectivity index is 2.45. The number of carbonyl (C=O) groups is 1. The van der Waals surface area contributed by atoms with Gasteiger partial charge in [0, 0.05) is 13.0 Å². The first-order chi connectivity index (χ1) is 9.31. The van der Waals surface area contributed by atoms with Crippen LogP contribution in [0.15, 0.2) is 24.3 Å². The number of nitrogens with zero attached hydrogens (tertiary/aromatic N) is 1. The number of hydrogen-bond donors (Lipinski definition) is 2. The minimum Gasteiger partial charge on any atom is -0.397 e. The van der Waals surface area contributed by atoms with Crippen LogP contribution in [0.1, 0.15) is 13.3 Å². The average Bonchev–Trinajstić information content (AvgIpc) is 2.36. The van der Waals surface area contributed by atoms with Gasteiger partial charge in [-0.1, -0.05) is 19.1 Å². The molecule has 20 heavy (non-hydrogen) atoms. The predicted molar refractivity (Wildman–Crippen MR) is 72.3 cm³/mol. The van der Waals surface area contributed by atoms with E-state index in [1.165, 1.54) is 4.90 Å². The maximum atomic E-state index is 12.3. The number of carbonyl (C=O) groups excluding carboxylic acids is 1. The summed E-state index contributed by atoms with van der Waals surface area (Å²) < 4.78 is 36.8. The van der Waals surface area contributed by atoms with Crippen molar-refractivity contribution < 1.29 is 18.0 Å². The smallest absolute Gasteiger partial charge is 0.397 e. The summed E-state index contributed by atoms with van der Waals surface area (Å²) in [6, 6.07) is 6.72. The fraction of sp³-hybridized carbons (Fsp3) is 0.462. The first kappa shape index (κ1) is 16.3. The number of halogens is 3. The summed E-state index contributed by atoms with van der Waals surface area (Å²) in [7, 11) is 0. The van der Waals surface area contributed by atoms with E-state index in [0.717, 1.165) is 0 Å². The third kappa shape index (κ3) is 5.92. The first-order valence-electron chi connectivity index (χ1n) is 6.25. The number of rotatable bonds is 6. The first-order valence-corrected chi connectivity index (χ1v) is 6.25. The van der Waals surface area contributed by atoms with Crippen LogP contribution in [0, 0.1) is 0 Å². The number of nitrogen functional groups attached to an aromatic ring is 1. The van der Waals surface area contributed by atoms with Gasteiger partial charge in [-0.2, -0.15) is 13.2 Å². The largest absolute Gasteiger partial charge is 0.401 e. The van der Waals surface area contributed by atoms with E-state index in [9.17, 15) is 18.0 Å². The van der Waals surface area contributed by atoms with Crippen molar-refractivity contribution >= 4 is 17.3 Å². The highest BCUT2D eigenvalue weighted by Crippen LogP contribution is 2.18. The highest BCUT2D eigenvalue weighted by Gasteiger charge is 2.30. The van der Waals surface area contributed by atoms with Gasteiger partial charge in [-0.15, -0.1) is 0 Å². The van der Waals surface area contributed by atoms with Gasteiger partial charge in [0.1, 0.15) is 0 Å². The van der Waals surface area contributed by atoms with Crippen molar-refractivity contribution in [3.63, 3.8) is 0 Å². The van der Waals surface area contributed by atoms with Crippen LogP contribution >= 0.6 is 0 Å². The number of hydrogen-bond acceptors (Lipinski definition) is 3. The number of anilines is 2. The van der Waals surface area contributed by atoms with Crippen LogP contribution in [0.5, 0.6) is 0 Å². The summed E-state index contributed by atoms with van der Waals surface area (Å²) in [6.07, 6.45) is -4.27. The summed E-state index contributed by atoms with van der Waals surface area (Å²) in [5, 5.41) is 2.58. The third-order valence-electron chi connectivity index (χ3n) is 2.74. The number of benzene rings is 1. The van der Waals surface area contributed by atoms with Crippen LogP contribution in [0.2, 0.25) is 0 Å². The van der Waals surface area contributed by atoms with Crippen molar-refractivity contribution in [1.82, 2.24) is 4.90 Å². The molecule has 0 atom stereocenters. The zero-order chi connectivity index (χ0) is 15.2. The monoisotopic (exact) mass is 289 g/mol. The summed E-state index contributed by atoms with van der Waals surface area (Å²) in [4.78, 5) is 12.9. The van der Waals surface area contributed by atoms with E-state index in [1.54, 1.807) is 31.2 Å². The Morgan fingerprint density at radius 3 is 2.55 bits per heavy atom. The third-order valence-corrected chi connectivity index (χ3v) is 2.74. The van der Waals surface area contributed by atoms with E-state index in [0.29, 0.717) is 11.4 Å². The normalized spacial score (nSPS) is 11.7. The fourth-order valence-corrected chi connectivity index (χ4v) is 1.69. The molecule has 1 aromatic carbocycles. The summed E-state index contributed by atoms with van der Waals surface area (Å²) in [6.45, 7) is 0.901. The predicted octanol–water partition coefficient (Wildman–Crippen LogP) is 2.48. The maximum absolute atomic E-state index is 12.3. The van der Waals surface area contributed by atoms with Crippen LogP contribution < -0.4 is 11.1 Å². The summed E-state index contributed by atoms with van der Waals surface area (Å²) in [5.74, 6) is -0.358. The molecule has 0 spiro atoms. The number of alkyl halides is 3. The van der Waals surface area contributed by atoms with Gasteiger partial charge < -0.3 is 11.1 Å². The Bertz CT molecular complexity index is 449. The maximum Gasteiger partial charge on any atom is 0.401 e. The van der Waals surface area contributed by atoms with Crippen molar-refractivity contribution in [3.05, 3.63) is 24.3 Å². The quantitative estimate of drug-likeness (QED) is 0.791. The van der Waals surface area contributed by atoms with E-state index in [1.807, 2.05) is 0 Å². The second-order valence-corrected chi connectivity index (χ2v) is 4.37. The molecule has 1 aromatic rings. The standard InChI is InChI=1S/C13H18F3N3O/c1-2-19(9-13(14,15)16)8-7-12(20)18-11-6-4-3-5-10(11)17/h3-6H,2,7-9,17H2,1H3,(H,18,20). The molecule has 0 heterocycles. The zero-order valence-corrected chi connectivity index (χ0v) is 11.2. The topological polar surface area (TPSA) is 58.4 Å². The fourth-order valence-electron chi connectivity index (χ4n) is 1.69. The number of para-hydroxylation sites is 2. The molecule has 0 unspecified atom stereocenters. The lowest BCUT2D eigenvalue weighted by Crippen LogP contribution is -2.36. The van der Waals surface area contributed by atoms with E-state index >= 15 is 0 Å². The number of amides is 1. The van der Waals surface area contributed by atoms with E-state index in [2.05, 4.69) is 5.32 Å². The molecular weight excluding hydrogens is 271 g/mol. The molecular formula is C13H18F3N3O. The SMILES string of the molecule is CCN(CCC(=O)Nc1ccccc1N)CC(F)(F)F. The Morgan fingerprint density at radius 2 is 2.00 bits per heavy atom. The van der Waals surface area contributed by atoms with Crippen LogP contribution in [-0.4, -0.2) is 36.6 Å². The highest BCUT2D eigenvalue weighted by atomic mass is 19.4. The molecule has 112 valence electrons. The second-order valence-electron chi connectivity index (χ2n) is 4.37. The summed E-state index contributed by atoms with van der Waals surface area (Å²) in [5.41, 5.74) is 6.55. The molecule has 0 aliphatic heterocycles. The lowest BCUT2D eigenvalue weighted by atomic mass is 10.2. The van der Waals surface area contributed by atoms with Crippen LogP contribution in [0.4, 0.5) is 24.5 Å². The Kier molecular flexibility index (Phi) is 5.82. The summed E-state index contributed by atoms with van der Waals surface area (Å²) >= 11 is 0. The minimum absolute atomic E-state index is 0.0156. The van der Waals surface area contributed by atoms with Crippen molar-refractivity contribution in [1.29, 1.82) is 0 Å². The lowest BCUT2D eigenvalue weighted by molar-refractivity contribution is -0.146. The minimum atomic E-state index is -4.25. The molecule has 0 aromatic heterocycles. The molecule has 1 amide bonds. The van der Waals surface area contributed by atoms with E-state index in [-0.39, 0.29) is 25.4 Å². The molecule has 0 radical (unpaired) electrons. The van der Waals surface area contributed by atoms with Gasteiger partial charge >= 0.3 is 6.18 Å². The van der Waals surface area contributed by atoms with Gasteiger partial charge in [0.15, 0.2) is 0 Å². The second kappa shape index (κ2) is 7.14. The Morgan fingerprint density at radius 1 is 1.35 bits per heavy atom. The highest BCUT2D eigenvalue weighted by molar-refractivity contribution is 5.93. The van der Waals surface area contributed by atoms with Crippen molar-refractivity contribution in [2.75, 3.05) is 30.7 Å². The molecule has 1 rings (SSSR count). The van der Waals surface area contributed by atoms with Crippen molar-refractivity contribution in [2.24, 2.45) is 0 Å². The molecule has 3 N–H and O–H groups in total. The zero-order valence-electron chi connectivity index (χ0n) is 11.2. The van der Waals surface area contributed by atoms with Crippen LogP contribution in [-0.2, 0) is 4.79 Å². The molecule has 4 nitrogen and oxygen atoms in total. The lowest BCUT2D eigenvalue weighted by Gasteiger charge is -2.21. The number of nitrogens with one attached hydrogen (secondary N) is 1. The van der Waals surface area contributed by atoms with Gasteiger partial charge in [0.05, 0.1) is 17.9 Å². The molecule has 0 aliphatic carbocycles. The van der Waals surface area contributed by atoms with Gasteiger partial charge in [-0.05, 0) is 18.7 Å². The van der Waals surface area contributed by atoms with Gasteiger partial charge in [0.25, 0.3) is 0 Å². The average molecular weight is 289 g/mol. The molecule has 0 saturated carbocycles. The Labute approximate surface area is 115 Å². The molecule has 0 saturated heterocycles. The van der Waals surface area contributed by atoms with E-state index < -0.39 is 12.7 Å². The van der Waals surface area contributed by atoms with Crippen molar-refractivity contribution in [2.45, 2.75) is 19.5 Å². The van der Waals surface area contributed by atoms with Gasteiger partial charge in [-0.3, -0.25) is 9.69 Å². The molecule has 0 aliphatic rings. The van der Waals surface area contributed by atoms with Gasteiger partial charge in [0.2, 0.25) is 5.91 Å². The Hall–Kier alpha value is -1.76. The van der Waals surface area contributed by atoms with Gasteiger partial charge in [-0.25, -0.2) is 0 Å². The molecule has 0 bridgehead atoms. The molecule has 0 fully saturated rings. The molecule has 7 heteroatoms. The van der Waals surface area contributed by atoms with Crippen molar-refractivity contribution in [3.8, 4) is 0 Å². The number of nitrogens with two attached hydrogens (primary N) is 1. The van der Waals surface area contributed by atoms with Crippen LogP contribution in [0.25, 0.3) is 0 Å². The van der Waals surface area contributed by atoms with E-state index in [4.69, 9.17) is 5.73 Å². The van der Waals surface area contributed by atoms with Crippen LogP contribution in [0.3, 0.4) is 0 Å².